The number of thiophene rings is 1. The molecule has 0 amide bonds. The van der Waals surface area contributed by atoms with Gasteiger partial charge in [0.05, 0.1) is 4.92 Å². The number of nitro groups is 1. The third kappa shape index (κ3) is 6.09. The first kappa shape index (κ1) is 21.5. The molecule has 8 nitrogen and oxygen atoms in total. The van der Waals surface area contributed by atoms with E-state index in [9.17, 15) is 18.5 Å². The van der Waals surface area contributed by atoms with Gasteiger partial charge in [0.25, 0.3) is 0 Å². The van der Waals surface area contributed by atoms with Crippen LogP contribution in [0.2, 0.25) is 0 Å². The number of primary sulfonamides is 1. The van der Waals surface area contributed by atoms with Crippen molar-refractivity contribution in [2.75, 3.05) is 30.1 Å². The maximum atomic E-state index is 11.4. The number of anilines is 2. The molecule has 0 saturated heterocycles. The summed E-state index contributed by atoms with van der Waals surface area (Å²) in [5, 5.41) is 19.5. The van der Waals surface area contributed by atoms with Gasteiger partial charge in [0.1, 0.15) is 4.21 Å². The Morgan fingerprint density at radius 2 is 1.96 bits per heavy atom. The largest absolute Gasteiger partial charge is 0.378 e. The molecule has 0 aliphatic rings. The number of hydrogen-bond donors (Lipinski definition) is 2. The van der Waals surface area contributed by atoms with Gasteiger partial charge >= 0.3 is 5.69 Å². The summed E-state index contributed by atoms with van der Waals surface area (Å²) in [7, 11) is 0.00337. The lowest BCUT2D eigenvalue weighted by Crippen LogP contribution is -2.15. The zero-order chi connectivity index (χ0) is 20.2. The summed E-state index contributed by atoms with van der Waals surface area (Å²) in [6, 6.07) is 9.14. The van der Waals surface area contributed by atoms with Crippen molar-refractivity contribution >= 4 is 49.5 Å². The lowest BCUT2D eigenvalue weighted by atomic mass is 10.2. The molecule has 148 valence electrons. The Balaban J connectivity index is 1.94. The summed E-state index contributed by atoms with van der Waals surface area (Å²) < 4.78 is 22.6. The Kier molecular flexibility index (Phi) is 7.09. The van der Waals surface area contributed by atoms with Crippen LogP contribution in [0.15, 0.2) is 39.4 Å². The van der Waals surface area contributed by atoms with Crippen LogP contribution < -0.4 is 15.4 Å². The molecule has 2 rings (SSSR count). The fourth-order valence-electron chi connectivity index (χ4n) is 2.23. The van der Waals surface area contributed by atoms with Gasteiger partial charge < -0.3 is 10.2 Å². The second-order valence-electron chi connectivity index (χ2n) is 6.15. The van der Waals surface area contributed by atoms with Gasteiger partial charge in [-0.05, 0) is 43.4 Å². The highest BCUT2D eigenvalue weighted by Gasteiger charge is 2.24. The highest BCUT2D eigenvalue weighted by atomic mass is 32.2. The maximum Gasteiger partial charge on any atom is 0.304 e. The van der Waals surface area contributed by atoms with Crippen LogP contribution in [-0.4, -0.2) is 39.2 Å². The van der Waals surface area contributed by atoms with Crippen molar-refractivity contribution in [2.45, 2.75) is 28.5 Å². The first-order valence-electron chi connectivity index (χ1n) is 8.05. The Morgan fingerprint density at radius 3 is 2.48 bits per heavy atom. The highest BCUT2D eigenvalue weighted by molar-refractivity contribution is 7.99. The molecule has 2 aromatic rings. The molecule has 0 spiro atoms. The topological polar surface area (TPSA) is 119 Å². The van der Waals surface area contributed by atoms with Crippen LogP contribution in [-0.2, 0) is 10.0 Å². The quantitative estimate of drug-likeness (QED) is 0.356. The molecule has 11 heteroatoms. The van der Waals surface area contributed by atoms with Gasteiger partial charge in [-0.2, -0.15) is 0 Å². The van der Waals surface area contributed by atoms with E-state index >= 15 is 0 Å². The van der Waals surface area contributed by atoms with E-state index in [4.69, 9.17) is 5.14 Å². The van der Waals surface area contributed by atoms with Gasteiger partial charge in [0.15, 0.2) is 5.00 Å². The maximum absolute atomic E-state index is 11.4. The second kappa shape index (κ2) is 8.91. The molecule has 0 aliphatic heterocycles. The molecular weight excluding hydrogens is 408 g/mol. The summed E-state index contributed by atoms with van der Waals surface area (Å²) in [6.45, 7) is 1.90. The van der Waals surface area contributed by atoms with Crippen molar-refractivity contribution in [3.63, 3.8) is 0 Å². The average molecular weight is 431 g/mol. The fourth-order valence-corrected chi connectivity index (χ4v) is 5.12. The lowest BCUT2D eigenvalue weighted by Gasteiger charge is -2.14. The number of nitrogens with two attached hydrogens (primary N) is 1. The zero-order valence-electron chi connectivity index (χ0n) is 15.2. The monoisotopic (exact) mass is 430 g/mol. The number of rotatable bonds is 9. The molecule has 0 aliphatic carbocycles. The standard InChI is InChI=1S/C16H22N4O4S3/c1-11(8-9-25-13-6-4-12(5-7-13)19(2)3)18-16-14(20(21)22)10-15(26-16)27(17,23)24/h4-7,10-11,18H,8-9H2,1-3H3,(H2,17,23,24)/t11-/m1/s1. The summed E-state index contributed by atoms with van der Waals surface area (Å²) in [4.78, 5) is 13.7. The molecule has 1 atom stereocenters. The Morgan fingerprint density at radius 1 is 1.33 bits per heavy atom. The van der Waals surface area contributed by atoms with Gasteiger partial charge in [-0.15, -0.1) is 11.8 Å². The molecule has 0 radical (unpaired) electrons. The van der Waals surface area contributed by atoms with Crippen LogP contribution in [0.25, 0.3) is 0 Å². The van der Waals surface area contributed by atoms with E-state index in [-0.39, 0.29) is 20.9 Å². The summed E-state index contributed by atoms with van der Waals surface area (Å²) in [5.74, 6) is 0.816. The molecule has 0 bridgehead atoms. The molecule has 1 aromatic carbocycles. The zero-order valence-corrected chi connectivity index (χ0v) is 17.7. The SMILES string of the molecule is C[C@H](CCSc1ccc(N(C)C)cc1)Nc1sc(S(N)(=O)=O)cc1[N+](=O)[O-]. The van der Waals surface area contributed by atoms with Crippen molar-refractivity contribution in [2.24, 2.45) is 5.14 Å². The first-order valence-corrected chi connectivity index (χ1v) is 11.4. The molecule has 0 fully saturated rings. The minimum Gasteiger partial charge on any atom is -0.378 e. The van der Waals surface area contributed by atoms with Crippen molar-refractivity contribution in [1.29, 1.82) is 0 Å². The number of sulfonamides is 1. The summed E-state index contributed by atoms with van der Waals surface area (Å²) in [6.07, 6.45) is 0.750. The molecular formula is C16H22N4O4S3. The molecule has 3 N–H and O–H groups in total. The van der Waals surface area contributed by atoms with E-state index in [2.05, 4.69) is 17.4 Å². The molecule has 0 unspecified atom stereocenters. The third-order valence-corrected chi connectivity index (χ3v) is 7.24. The molecule has 1 heterocycles. The lowest BCUT2D eigenvalue weighted by molar-refractivity contribution is -0.383. The smallest absolute Gasteiger partial charge is 0.304 e. The van der Waals surface area contributed by atoms with Crippen LogP contribution in [0.5, 0.6) is 0 Å². The molecule has 27 heavy (non-hydrogen) atoms. The van der Waals surface area contributed by atoms with Crippen LogP contribution >= 0.6 is 23.1 Å². The molecule has 1 aromatic heterocycles. The van der Waals surface area contributed by atoms with Crippen LogP contribution in [0, 0.1) is 10.1 Å². The van der Waals surface area contributed by atoms with Gasteiger partial charge in [-0.25, -0.2) is 13.6 Å². The van der Waals surface area contributed by atoms with E-state index < -0.39 is 14.9 Å². The number of hydrogen-bond acceptors (Lipinski definition) is 8. The van der Waals surface area contributed by atoms with Gasteiger partial charge in [-0.1, -0.05) is 11.3 Å². The number of nitrogens with zero attached hydrogens (tertiary/aromatic N) is 2. The van der Waals surface area contributed by atoms with E-state index in [1.54, 1.807) is 11.8 Å². The normalized spacial score (nSPS) is 12.6. The van der Waals surface area contributed by atoms with Crippen molar-refractivity contribution in [3.05, 3.63) is 40.4 Å². The van der Waals surface area contributed by atoms with Crippen molar-refractivity contribution in [3.8, 4) is 0 Å². The van der Waals surface area contributed by atoms with Gasteiger partial charge in [-0.3, -0.25) is 10.1 Å². The van der Waals surface area contributed by atoms with E-state index in [0.717, 1.165) is 40.2 Å². The third-order valence-electron chi connectivity index (χ3n) is 3.72. The van der Waals surface area contributed by atoms with E-state index in [0.29, 0.717) is 0 Å². The molecule has 0 saturated carbocycles. The predicted octanol–water partition coefficient (Wildman–Crippen LogP) is 3.35. The van der Waals surface area contributed by atoms with Crippen LogP contribution in [0.4, 0.5) is 16.4 Å². The Labute approximate surface area is 167 Å². The number of thioether (sulfide) groups is 1. The number of nitrogens with one attached hydrogen (secondary N) is 1. The van der Waals surface area contributed by atoms with Crippen molar-refractivity contribution in [1.82, 2.24) is 0 Å². The van der Waals surface area contributed by atoms with E-state index in [1.807, 2.05) is 38.1 Å². The number of benzene rings is 1. The van der Waals surface area contributed by atoms with Crippen LogP contribution in [0.1, 0.15) is 13.3 Å². The highest BCUT2D eigenvalue weighted by Crippen LogP contribution is 2.37. The second-order valence-corrected chi connectivity index (χ2v) is 10.2. The summed E-state index contributed by atoms with van der Waals surface area (Å²) >= 11 is 2.47. The predicted molar refractivity (Wildman–Crippen MR) is 112 cm³/mol. The van der Waals surface area contributed by atoms with E-state index in [1.165, 1.54) is 0 Å². The minimum atomic E-state index is -3.97. The minimum absolute atomic E-state index is 0.0655. The Bertz CT molecular complexity index is 895. The Hall–Kier alpha value is -1.82. The van der Waals surface area contributed by atoms with Crippen molar-refractivity contribution < 1.29 is 13.3 Å². The van der Waals surface area contributed by atoms with Gasteiger partial charge in [0.2, 0.25) is 10.0 Å². The summed E-state index contributed by atoms with van der Waals surface area (Å²) in [5.41, 5.74) is 0.854. The average Bonchev–Trinajstić information content (AvgIpc) is 2.99. The first-order chi connectivity index (χ1) is 12.6. The van der Waals surface area contributed by atoms with Crippen LogP contribution in [0.3, 0.4) is 0 Å². The fraction of sp³-hybridized carbons (Fsp3) is 0.375. The van der Waals surface area contributed by atoms with Gasteiger partial charge in [0, 0.05) is 36.8 Å².